The van der Waals surface area contributed by atoms with Gasteiger partial charge in [0.1, 0.15) is 24.1 Å². The number of rotatable bonds is 13. The minimum absolute atomic E-state index is 0.0161. The number of unbranched alkanes of at least 4 members (excludes halogenated alkanes) is 1. The van der Waals surface area contributed by atoms with Gasteiger partial charge in [-0.2, -0.15) is 0 Å². The fraction of sp³-hybridized carbons (Fsp3) is 0.320. The van der Waals surface area contributed by atoms with E-state index in [0.29, 0.717) is 22.8 Å². The molecule has 0 unspecified atom stereocenters. The van der Waals surface area contributed by atoms with Crippen molar-refractivity contribution in [3.8, 4) is 0 Å². The number of aromatic nitrogens is 1. The SMILES string of the molecule is CC(=O)N(NCc1cccc(F)c1Cl)[C@@H](CCCCOP(=O)(O)O)COC(=O)Nc1cc2cc(F)ccc2cn1. The van der Waals surface area contributed by atoms with Crippen molar-refractivity contribution in [2.24, 2.45) is 0 Å². The molecule has 0 aliphatic rings. The molecular formula is C25H28ClF2N4O7P. The van der Waals surface area contributed by atoms with Crippen molar-refractivity contribution in [3.05, 3.63) is 70.9 Å². The smallest absolute Gasteiger partial charge is 0.447 e. The van der Waals surface area contributed by atoms with Crippen LogP contribution in [0.15, 0.2) is 48.7 Å². The first-order valence-corrected chi connectivity index (χ1v) is 14.0. The van der Waals surface area contributed by atoms with E-state index >= 15 is 0 Å². The summed E-state index contributed by atoms with van der Waals surface area (Å²) in [5, 5.41) is 4.75. The number of phosphoric acid groups is 1. The summed E-state index contributed by atoms with van der Waals surface area (Å²) in [6.07, 6.45) is 1.42. The molecule has 0 aliphatic heterocycles. The topological polar surface area (TPSA) is 150 Å². The van der Waals surface area contributed by atoms with E-state index in [0.717, 1.165) is 0 Å². The third-order valence-electron chi connectivity index (χ3n) is 5.69. The molecule has 1 aromatic heterocycles. The highest BCUT2D eigenvalue weighted by atomic mass is 35.5. The van der Waals surface area contributed by atoms with Crippen LogP contribution in [0.3, 0.4) is 0 Å². The minimum Gasteiger partial charge on any atom is -0.447 e. The van der Waals surface area contributed by atoms with Gasteiger partial charge in [0.05, 0.1) is 17.7 Å². The zero-order valence-corrected chi connectivity index (χ0v) is 23.0. The molecular weight excluding hydrogens is 573 g/mol. The molecule has 0 bridgehead atoms. The second-order valence-corrected chi connectivity index (χ2v) is 10.3. The van der Waals surface area contributed by atoms with Gasteiger partial charge in [-0.3, -0.25) is 19.6 Å². The standard InChI is InChI=1S/C25H28ClF2N4O7P/c1-16(33)32(30-14-18-5-4-7-22(28)24(18)26)21(6-2-3-10-39-40(35,36)37)15-38-25(34)31-23-12-19-11-20(27)9-8-17(19)13-29-23/h4-5,7-9,11-13,21,30H,2-3,6,10,14-15H2,1H3,(H,29,31,34)(H2,35,36,37)/t21-/m0/s1. The number of nitrogens with one attached hydrogen (secondary N) is 2. The number of hydrogen-bond acceptors (Lipinski definition) is 7. The monoisotopic (exact) mass is 600 g/mol. The summed E-state index contributed by atoms with van der Waals surface area (Å²) in [7, 11) is -4.62. The predicted octanol–water partition coefficient (Wildman–Crippen LogP) is 4.92. The number of ether oxygens (including phenoxy) is 1. The molecule has 3 rings (SSSR count). The van der Waals surface area contributed by atoms with Crippen LogP contribution in [0.2, 0.25) is 5.02 Å². The van der Waals surface area contributed by atoms with Crippen molar-refractivity contribution >= 4 is 48.0 Å². The van der Waals surface area contributed by atoms with Gasteiger partial charge in [0.25, 0.3) is 0 Å². The Bertz CT molecular complexity index is 1390. The van der Waals surface area contributed by atoms with E-state index in [9.17, 15) is 22.9 Å². The van der Waals surface area contributed by atoms with Gasteiger partial charge in [0, 0.05) is 25.1 Å². The number of nitrogens with zero attached hydrogens (tertiary/aromatic N) is 2. The Morgan fingerprint density at radius 1 is 1.15 bits per heavy atom. The van der Waals surface area contributed by atoms with Gasteiger partial charge in [-0.15, -0.1) is 0 Å². The average Bonchev–Trinajstić information content (AvgIpc) is 2.87. The third kappa shape index (κ3) is 9.77. The number of halogens is 3. The predicted molar refractivity (Wildman–Crippen MR) is 143 cm³/mol. The molecule has 216 valence electrons. The normalized spacial score (nSPS) is 12.2. The van der Waals surface area contributed by atoms with Crippen LogP contribution in [0.25, 0.3) is 10.8 Å². The lowest BCUT2D eigenvalue weighted by atomic mass is 10.1. The lowest BCUT2D eigenvalue weighted by molar-refractivity contribution is -0.136. The Kier molecular flexibility index (Phi) is 11.3. The largest absolute Gasteiger partial charge is 0.469 e. The zero-order chi connectivity index (χ0) is 29.3. The van der Waals surface area contributed by atoms with Crippen molar-refractivity contribution in [1.82, 2.24) is 15.4 Å². The first kappa shape index (κ1) is 31.3. The molecule has 1 heterocycles. The highest BCUT2D eigenvalue weighted by molar-refractivity contribution is 7.46. The Hall–Kier alpha value is -3.19. The Morgan fingerprint density at radius 3 is 2.65 bits per heavy atom. The maximum Gasteiger partial charge on any atom is 0.469 e. The molecule has 11 nitrogen and oxygen atoms in total. The number of phosphoric ester groups is 1. The molecule has 15 heteroatoms. The van der Waals surface area contributed by atoms with E-state index in [1.54, 1.807) is 12.1 Å². The molecule has 0 saturated heterocycles. The van der Waals surface area contributed by atoms with Crippen LogP contribution in [0.1, 0.15) is 31.7 Å². The molecule has 0 saturated carbocycles. The summed E-state index contributed by atoms with van der Waals surface area (Å²) < 4.78 is 48.1. The van der Waals surface area contributed by atoms with Crippen LogP contribution in [-0.2, 0) is 25.2 Å². The summed E-state index contributed by atoms with van der Waals surface area (Å²) in [6.45, 7) is 0.760. The molecule has 0 fully saturated rings. The van der Waals surface area contributed by atoms with Crippen LogP contribution in [0, 0.1) is 11.6 Å². The molecule has 2 amide bonds. The van der Waals surface area contributed by atoms with Crippen LogP contribution >= 0.6 is 19.4 Å². The molecule has 1 atom stereocenters. The van der Waals surface area contributed by atoms with Crippen LogP contribution in [0.5, 0.6) is 0 Å². The van der Waals surface area contributed by atoms with Crippen LogP contribution in [0.4, 0.5) is 19.4 Å². The van der Waals surface area contributed by atoms with E-state index in [-0.39, 0.29) is 43.4 Å². The maximum absolute atomic E-state index is 13.8. The summed E-state index contributed by atoms with van der Waals surface area (Å²) in [5.41, 5.74) is 3.27. The Morgan fingerprint density at radius 2 is 1.93 bits per heavy atom. The van der Waals surface area contributed by atoms with E-state index in [2.05, 4.69) is 20.3 Å². The number of fused-ring (bicyclic) bond motifs is 1. The quantitative estimate of drug-likeness (QED) is 0.122. The van der Waals surface area contributed by atoms with Gasteiger partial charge in [-0.25, -0.2) is 28.6 Å². The van der Waals surface area contributed by atoms with Crippen molar-refractivity contribution in [2.45, 2.75) is 38.8 Å². The second kappa shape index (κ2) is 14.4. The summed E-state index contributed by atoms with van der Waals surface area (Å²) in [4.78, 5) is 46.8. The maximum atomic E-state index is 13.8. The first-order chi connectivity index (χ1) is 18.9. The molecule has 0 radical (unpaired) electrons. The number of benzene rings is 2. The number of carbonyl (C=O) groups is 2. The average molecular weight is 601 g/mol. The van der Waals surface area contributed by atoms with E-state index in [1.807, 2.05) is 0 Å². The number of hydrogen-bond donors (Lipinski definition) is 4. The summed E-state index contributed by atoms with van der Waals surface area (Å²) in [6, 6.07) is 9.13. The summed E-state index contributed by atoms with van der Waals surface area (Å²) >= 11 is 6.02. The Labute approximate surface area is 233 Å². The summed E-state index contributed by atoms with van der Waals surface area (Å²) in [5.74, 6) is -1.39. The lowest BCUT2D eigenvalue weighted by Crippen LogP contribution is -2.50. The molecule has 2 aromatic carbocycles. The number of hydrazine groups is 1. The van der Waals surface area contributed by atoms with E-state index in [1.165, 1.54) is 48.5 Å². The molecule has 4 N–H and O–H groups in total. The van der Waals surface area contributed by atoms with E-state index < -0.39 is 37.5 Å². The minimum atomic E-state index is -4.62. The van der Waals surface area contributed by atoms with E-state index in [4.69, 9.17) is 26.1 Å². The van der Waals surface area contributed by atoms with Crippen molar-refractivity contribution in [2.75, 3.05) is 18.5 Å². The third-order valence-corrected chi connectivity index (χ3v) is 6.63. The Balaban J connectivity index is 1.67. The number of pyridine rings is 1. The molecule has 40 heavy (non-hydrogen) atoms. The fourth-order valence-electron chi connectivity index (χ4n) is 3.80. The molecule has 0 aliphatic carbocycles. The van der Waals surface area contributed by atoms with Gasteiger partial charge in [0.15, 0.2) is 0 Å². The van der Waals surface area contributed by atoms with Crippen molar-refractivity contribution in [3.63, 3.8) is 0 Å². The fourth-order valence-corrected chi connectivity index (χ4v) is 4.36. The van der Waals surface area contributed by atoms with Crippen molar-refractivity contribution in [1.29, 1.82) is 0 Å². The highest BCUT2D eigenvalue weighted by Gasteiger charge is 2.24. The second-order valence-electron chi connectivity index (χ2n) is 8.69. The molecule has 3 aromatic rings. The zero-order valence-electron chi connectivity index (χ0n) is 21.3. The van der Waals surface area contributed by atoms with Crippen LogP contribution < -0.4 is 10.7 Å². The number of amides is 2. The first-order valence-electron chi connectivity index (χ1n) is 12.1. The van der Waals surface area contributed by atoms with Gasteiger partial charge in [0.2, 0.25) is 5.91 Å². The highest BCUT2D eigenvalue weighted by Crippen LogP contribution is 2.35. The van der Waals surface area contributed by atoms with Gasteiger partial charge in [-0.1, -0.05) is 23.7 Å². The van der Waals surface area contributed by atoms with Gasteiger partial charge < -0.3 is 14.5 Å². The van der Waals surface area contributed by atoms with Gasteiger partial charge in [-0.05, 0) is 60.5 Å². The number of anilines is 1. The number of carbonyl (C=O) groups excluding carboxylic acids is 2. The van der Waals surface area contributed by atoms with Crippen molar-refractivity contribution < 1.29 is 42.0 Å². The lowest BCUT2D eigenvalue weighted by Gasteiger charge is -2.31. The van der Waals surface area contributed by atoms with Crippen LogP contribution in [-0.4, -0.2) is 51.0 Å². The molecule has 0 spiro atoms. The van der Waals surface area contributed by atoms with Gasteiger partial charge >= 0.3 is 13.9 Å².